The Labute approximate surface area is 180 Å². The number of carbonyl (C=O) groups excluding carboxylic acids is 2. The Morgan fingerprint density at radius 2 is 1.94 bits per heavy atom. The monoisotopic (exact) mass is 414 g/mol. The Bertz CT molecular complexity index is 1160. The van der Waals surface area contributed by atoms with Gasteiger partial charge in [-0.3, -0.25) is 14.6 Å². The normalized spacial score (nSPS) is 15.3. The van der Waals surface area contributed by atoms with Gasteiger partial charge in [0.2, 0.25) is 5.95 Å². The van der Waals surface area contributed by atoms with Crippen molar-refractivity contribution in [2.75, 3.05) is 30.4 Å². The van der Waals surface area contributed by atoms with Crippen LogP contribution in [0.15, 0.2) is 48.8 Å². The second-order valence-corrected chi connectivity index (χ2v) is 7.83. The molecule has 1 N–H and O–H groups in total. The van der Waals surface area contributed by atoms with Gasteiger partial charge in [0.25, 0.3) is 11.8 Å². The Morgan fingerprint density at radius 3 is 2.71 bits per heavy atom. The fraction of sp³-hybridized carbons (Fsp3) is 0.261. The van der Waals surface area contributed by atoms with Crippen LogP contribution in [0.25, 0.3) is 11.4 Å². The molecular weight excluding hydrogens is 392 g/mol. The molecule has 1 fully saturated rings. The predicted molar refractivity (Wildman–Crippen MR) is 117 cm³/mol. The molecule has 1 aromatic carbocycles. The third-order valence-electron chi connectivity index (χ3n) is 5.67. The van der Waals surface area contributed by atoms with Crippen LogP contribution >= 0.6 is 0 Å². The van der Waals surface area contributed by atoms with Gasteiger partial charge in [-0.2, -0.15) is 0 Å². The van der Waals surface area contributed by atoms with E-state index in [1.54, 1.807) is 30.4 Å². The lowest BCUT2D eigenvalue weighted by Gasteiger charge is -2.17. The third-order valence-corrected chi connectivity index (χ3v) is 5.67. The van der Waals surface area contributed by atoms with E-state index in [1.165, 1.54) is 0 Å². The molecule has 0 radical (unpaired) electrons. The summed E-state index contributed by atoms with van der Waals surface area (Å²) in [7, 11) is 1.76. The number of anilines is 2. The number of hydrogen-bond donors (Lipinski definition) is 1. The lowest BCUT2D eigenvalue weighted by atomic mass is 10.1. The molecule has 3 aromatic rings. The van der Waals surface area contributed by atoms with E-state index in [-0.39, 0.29) is 11.8 Å². The molecular formula is C23H22N6O2. The van der Waals surface area contributed by atoms with Crippen molar-refractivity contribution in [2.45, 2.75) is 19.4 Å². The number of rotatable bonds is 4. The summed E-state index contributed by atoms with van der Waals surface area (Å²) in [6.07, 6.45) is 5.46. The molecule has 156 valence electrons. The van der Waals surface area contributed by atoms with E-state index in [1.807, 2.05) is 30.3 Å². The van der Waals surface area contributed by atoms with Crippen molar-refractivity contribution in [1.29, 1.82) is 0 Å². The molecule has 31 heavy (non-hydrogen) atoms. The van der Waals surface area contributed by atoms with Gasteiger partial charge in [-0.1, -0.05) is 12.1 Å². The summed E-state index contributed by atoms with van der Waals surface area (Å²) in [4.78, 5) is 42.8. The van der Waals surface area contributed by atoms with Crippen molar-refractivity contribution >= 4 is 23.5 Å². The van der Waals surface area contributed by atoms with E-state index in [2.05, 4.69) is 20.2 Å². The Balaban J connectivity index is 1.48. The molecule has 8 nitrogen and oxygen atoms in total. The van der Waals surface area contributed by atoms with Gasteiger partial charge in [-0.25, -0.2) is 9.97 Å². The third kappa shape index (κ3) is 3.61. The second-order valence-electron chi connectivity index (χ2n) is 7.83. The van der Waals surface area contributed by atoms with Crippen LogP contribution in [-0.2, 0) is 6.54 Å². The minimum atomic E-state index is -0.340. The van der Waals surface area contributed by atoms with Crippen molar-refractivity contribution in [2.24, 2.45) is 0 Å². The van der Waals surface area contributed by atoms with Gasteiger partial charge in [0.05, 0.1) is 11.3 Å². The highest BCUT2D eigenvalue weighted by Crippen LogP contribution is 2.27. The van der Waals surface area contributed by atoms with Crippen LogP contribution in [0.2, 0.25) is 0 Å². The molecule has 0 atom stereocenters. The molecule has 4 heterocycles. The largest absolute Gasteiger partial charge is 0.341 e. The smallest absolute Gasteiger partial charge is 0.259 e. The maximum atomic E-state index is 13.2. The predicted octanol–water partition coefficient (Wildman–Crippen LogP) is 2.98. The Hall–Kier alpha value is -3.81. The second kappa shape index (κ2) is 7.79. The molecule has 5 rings (SSSR count). The molecule has 2 amide bonds. The van der Waals surface area contributed by atoms with Crippen LogP contribution in [0.1, 0.15) is 39.1 Å². The van der Waals surface area contributed by atoms with Crippen LogP contribution in [0.3, 0.4) is 0 Å². The molecule has 1 saturated heterocycles. The molecule has 2 aliphatic heterocycles. The topological polar surface area (TPSA) is 91.3 Å². The van der Waals surface area contributed by atoms with Crippen LogP contribution in [0.4, 0.5) is 11.6 Å². The summed E-state index contributed by atoms with van der Waals surface area (Å²) in [6.45, 7) is 2.40. The van der Waals surface area contributed by atoms with Crippen LogP contribution in [-0.4, -0.2) is 51.8 Å². The quantitative estimate of drug-likeness (QED) is 0.706. The summed E-state index contributed by atoms with van der Waals surface area (Å²) in [6, 6.07) is 10.9. The van der Waals surface area contributed by atoms with Crippen molar-refractivity contribution in [3.63, 3.8) is 0 Å². The fourth-order valence-electron chi connectivity index (χ4n) is 4.03. The maximum Gasteiger partial charge on any atom is 0.259 e. The van der Waals surface area contributed by atoms with E-state index >= 15 is 0 Å². The first kappa shape index (κ1) is 19.2. The average Bonchev–Trinajstić information content (AvgIpc) is 3.43. The van der Waals surface area contributed by atoms with Gasteiger partial charge < -0.3 is 15.1 Å². The van der Waals surface area contributed by atoms with Crippen LogP contribution < -0.4 is 10.2 Å². The summed E-state index contributed by atoms with van der Waals surface area (Å²) in [5.41, 5.74) is 3.57. The zero-order valence-corrected chi connectivity index (χ0v) is 17.2. The summed E-state index contributed by atoms with van der Waals surface area (Å²) >= 11 is 0. The fourth-order valence-corrected chi connectivity index (χ4v) is 4.03. The summed E-state index contributed by atoms with van der Waals surface area (Å²) < 4.78 is 0. The first-order chi connectivity index (χ1) is 15.1. The van der Waals surface area contributed by atoms with Gasteiger partial charge in [0, 0.05) is 50.3 Å². The minimum absolute atomic E-state index is 0.0430. The zero-order valence-electron chi connectivity index (χ0n) is 17.2. The number of fused-ring (bicyclic) bond motifs is 1. The van der Waals surface area contributed by atoms with E-state index in [0.29, 0.717) is 40.7 Å². The number of nitrogens with one attached hydrogen (secondary N) is 1. The molecule has 2 aliphatic rings. The standard InChI is InChI=1S/C23H22N6O2/c1-28-14-15-7-8-16(12-17(15)22(28)31)26-21(30)18-13-25-23(29-10-4-5-11-29)27-20(18)19-6-2-3-9-24-19/h2-3,6-9,12-13H,4-5,10-11,14H2,1H3,(H,26,30). The van der Waals surface area contributed by atoms with E-state index in [4.69, 9.17) is 4.98 Å². The number of hydrogen-bond acceptors (Lipinski definition) is 6. The number of benzene rings is 1. The first-order valence-corrected chi connectivity index (χ1v) is 10.3. The van der Waals surface area contributed by atoms with Crippen molar-refractivity contribution < 1.29 is 9.59 Å². The van der Waals surface area contributed by atoms with Gasteiger partial charge in [-0.15, -0.1) is 0 Å². The van der Waals surface area contributed by atoms with E-state index < -0.39 is 0 Å². The molecule has 0 spiro atoms. The van der Waals surface area contributed by atoms with Gasteiger partial charge >= 0.3 is 0 Å². The highest BCUT2D eigenvalue weighted by molar-refractivity contribution is 6.08. The number of pyridine rings is 1. The molecule has 2 aromatic heterocycles. The van der Waals surface area contributed by atoms with Crippen molar-refractivity contribution in [3.05, 3.63) is 65.5 Å². The SMILES string of the molecule is CN1Cc2ccc(NC(=O)c3cnc(N4CCCC4)nc3-c3ccccn3)cc2C1=O. The Morgan fingerprint density at radius 1 is 1.10 bits per heavy atom. The lowest BCUT2D eigenvalue weighted by Crippen LogP contribution is -2.22. The summed E-state index contributed by atoms with van der Waals surface area (Å²) in [5, 5.41) is 2.89. The highest BCUT2D eigenvalue weighted by atomic mass is 16.2. The van der Waals surface area contributed by atoms with Crippen molar-refractivity contribution in [3.8, 4) is 11.4 Å². The number of carbonyl (C=O) groups is 2. The minimum Gasteiger partial charge on any atom is -0.341 e. The molecule has 0 unspecified atom stereocenters. The zero-order chi connectivity index (χ0) is 21.4. The summed E-state index contributed by atoms with van der Waals surface area (Å²) in [5.74, 6) is 0.229. The molecule has 0 bridgehead atoms. The molecule has 8 heteroatoms. The molecule has 0 aliphatic carbocycles. The van der Waals surface area contributed by atoms with Crippen LogP contribution in [0, 0.1) is 0 Å². The van der Waals surface area contributed by atoms with Gasteiger partial charge in [0.1, 0.15) is 5.69 Å². The van der Waals surface area contributed by atoms with E-state index in [0.717, 1.165) is 31.5 Å². The number of aromatic nitrogens is 3. The number of nitrogens with zero attached hydrogens (tertiary/aromatic N) is 5. The molecule has 0 saturated carbocycles. The number of amides is 2. The lowest BCUT2D eigenvalue weighted by molar-refractivity contribution is 0.0816. The first-order valence-electron chi connectivity index (χ1n) is 10.3. The van der Waals surface area contributed by atoms with Crippen molar-refractivity contribution in [1.82, 2.24) is 19.9 Å². The Kier molecular flexibility index (Phi) is 4.82. The van der Waals surface area contributed by atoms with Crippen LogP contribution in [0.5, 0.6) is 0 Å². The van der Waals surface area contributed by atoms with Gasteiger partial charge in [-0.05, 0) is 42.7 Å². The highest BCUT2D eigenvalue weighted by Gasteiger charge is 2.25. The van der Waals surface area contributed by atoms with E-state index in [9.17, 15) is 9.59 Å². The average molecular weight is 414 g/mol. The maximum absolute atomic E-state index is 13.2. The van der Waals surface area contributed by atoms with Gasteiger partial charge in [0.15, 0.2) is 0 Å².